The molecular formula is C13H18BrNO2. The third-order valence-electron chi connectivity index (χ3n) is 2.35. The van der Waals surface area contributed by atoms with Gasteiger partial charge in [-0.1, -0.05) is 15.9 Å². The molecule has 0 aromatic heterocycles. The van der Waals surface area contributed by atoms with E-state index in [9.17, 15) is 4.79 Å². The van der Waals surface area contributed by atoms with Crippen LogP contribution in [0, 0.1) is 0 Å². The SMILES string of the molecule is CCOc1ccc(C(=O)NC(C)CCBr)cc1. The molecule has 3 nitrogen and oxygen atoms in total. The second-order valence-electron chi connectivity index (χ2n) is 3.81. The monoisotopic (exact) mass is 299 g/mol. The highest BCUT2D eigenvalue weighted by Gasteiger charge is 2.09. The zero-order chi connectivity index (χ0) is 12.7. The molecule has 0 saturated carbocycles. The van der Waals surface area contributed by atoms with E-state index in [1.807, 2.05) is 26.0 Å². The van der Waals surface area contributed by atoms with Crippen LogP contribution in [0.4, 0.5) is 0 Å². The second kappa shape index (κ2) is 7.33. The number of hydrogen-bond acceptors (Lipinski definition) is 2. The Morgan fingerprint density at radius 2 is 2.06 bits per heavy atom. The topological polar surface area (TPSA) is 38.3 Å². The minimum atomic E-state index is -0.0403. The molecule has 1 aromatic carbocycles. The number of benzene rings is 1. The molecular weight excluding hydrogens is 282 g/mol. The summed E-state index contributed by atoms with van der Waals surface area (Å²) in [6, 6.07) is 7.36. The molecule has 4 heteroatoms. The highest BCUT2D eigenvalue weighted by atomic mass is 79.9. The first-order valence-electron chi connectivity index (χ1n) is 5.77. The Balaban J connectivity index is 2.57. The van der Waals surface area contributed by atoms with Crippen LogP contribution in [-0.4, -0.2) is 23.9 Å². The number of carbonyl (C=O) groups is 1. The van der Waals surface area contributed by atoms with Gasteiger partial charge in [0.05, 0.1) is 6.61 Å². The van der Waals surface area contributed by atoms with Crippen LogP contribution >= 0.6 is 15.9 Å². The first kappa shape index (κ1) is 14.0. The van der Waals surface area contributed by atoms with Gasteiger partial charge in [-0.15, -0.1) is 0 Å². The quantitative estimate of drug-likeness (QED) is 0.820. The summed E-state index contributed by atoms with van der Waals surface area (Å²) in [6.07, 6.45) is 0.919. The summed E-state index contributed by atoms with van der Waals surface area (Å²) < 4.78 is 5.32. The predicted octanol–water partition coefficient (Wildman–Crippen LogP) is 2.99. The molecule has 0 fully saturated rings. The van der Waals surface area contributed by atoms with Crippen molar-refractivity contribution in [3.63, 3.8) is 0 Å². The Bertz CT molecular complexity index is 351. The number of nitrogens with one attached hydrogen (secondary N) is 1. The zero-order valence-corrected chi connectivity index (χ0v) is 11.8. The fourth-order valence-corrected chi connectivity index (χ4v) is 2.10. The molecule has 1 N–H and O–H groups in total. The average Bonchev–Trinajstić information content (AvgIpc) is 2.30. The Kier molecular flexibility index (Phi) is 6.05. The van der Waals surface area contributed by atoms with Crippen LogP contribution in [0.15, 0.2) is 24.3 Å². The van der Waals surface area contributed by atoms with Gasteiger partial charge >= 0.3 is 0 Å². The summed E-state index contributed by atoms with van der Waals surface area (Å²) in [5.41, 5.74) is 0.662. The summed E-state index contributed by atoms with van der Waals surface area (Å²) in [5, 5.41) is 3.83. The molecule has 0 radical (unpaired) electrons. The third kappa shape index (κ3) is 4.77. The molecule has 0 saturated heterocycles. The maximum Gasteiger partial charge on any atom is 0.251 e. The summed E-state index contributed by atoms with van der Waals surface area (Å²) >= 11 is 3.36. The Labute approximate surface area is 111 Å². The minimum absolute atomic E-state index is 0.0403. The van der Waals surface area contributed by atoms with Crippen molar-refractivity contribution in [3.05, 3.63) is 29.8 Å². The summed E-state index contributed by atoms with van der Waals surface area (Å²) in [7, 11) is 0. The number of hydrogen-bond donors (Lipinski definition) is 1. The number of rotatable bonds is 6. The first-order chi connectivity index (χ1) is 8.17. The number of carbonyl (C=O) groups excluding carboxylic acids is 1. The van der Waals surface area contributed by atoms with E-state index in [2.05, 4.69) is 21.2 Å². The average molecular weight is 300 g/mol. The van der Waals surface area contributed by atoms with Crippen molar-refractivity contribution in [2.45, 2.75) is 26.3 Å². The maximum absolute atomic E-state index is 11.8. The molecule has 94 valence electrons. The van der Waals surface area contributed by atoms with E-state index >= 15 is 0 Å². The van der Waals surface area contributed by atoms with E-state index in [1.54, 1.807) is 12.1 Å². The van der Waals surface area contributed by atoms with Gasteiger partial charge in [-0.05, 0) is 44.5 Å². The van der Waals surface area contributed by atoms with E-state index in [0.29, 0.717) is 12.2 Å². The number of ether oxygens (including phenoxy) is 1. The van der Waals surface area contributed by atoms with Gasteiger partial charge in [0, 0.05) is 16.9 Å². The number of alkyl halides is 1. The lowest BCUT2D eigenvalue weighted by molar-refractivity contribution is 0.0939. The van der Waals surface area contributed by atoms with E-state index < -0.39 is 0 Å². The number of amides is 1. The largest absolute Gasteiger partial charge is 0.494 e. The van der Waals surface area contributed by atoms with Crippen LogP contribution in [0.25, 0.3) is 0 Å². The standard InChI is InChI=1S/C13H18BrNO2/c1-3-17-12-6-4-11(5-7-12)13(16)15-10(2)8-9-14/h4-7,10H,3,8-9H2,1-2H3,(H,15,16). The summed E-state index contributed by atoms with van der Waals surface area (Å²) in [4.78, 5) is 11.8. The van der Waals surface area contributed by atoms with Gasteiger partial charge in [0.1, 0.15) is 5.75 Å². The molecule has 17 heavy (non-hydrogen) atoms. The van der Waals surface area contributed by atoms with Gasteiger partial charge in [-0.2, -0.15) is 0 Å². The molecule has 0 spiro atoms. The highest BCUT2D eigenvalue weighted by molar-refractivity contribution is 9.09. The lowest BCUT2D eigenvalue weighted by atomic mass is 10.2. The Morgan fingerprint density at radius 3 is 2.59 bits per heavy atom. The molecule has 1 rings (SSSR count). The number of halogens is 1. The van der Waals surface area contributed by atoms with Crippen molar-refractivity contribution in [1.82, 2.24) is 5.32 Å². The normalized spacial score (nSPS) is 11.9. The lowest BCUT2D eigenvalue weighted by Gasteiger charge is -2.12. The van der Waals surface area contributed by atoms with Gasteiger partial charge in [0.15, 0.2) is 0 Å². The molecule has 1 atom stereocenters. The molecule has 1 aromatic rings. The molecule has 0 heterocycles. The van der Waals surface area contributed by atoms with Gasteiger partial charge in [-0.25, -0.2) is 0 Å². The van der Waals surface area contributed by atoms with Crippen LogP contribution < -0.4 is 10.1 Å². The molecule has 1 unspecified atom stereocenters. The van der Waals surface area contributed by atoms with Gasteiger partial charge in [-0.3, -0.25) is 4.79 Å². The predicted molar refractivity (Wildman–Crippen MR) is 73.0 cm³/mol. The van der Waals surface area contributed by atoms with Gasteiger partial charge in [0.25, 0.3) is 5.91 Å². The van der Waals surface area contributed by atoms with Crippen LogP contribution in [0.2, 0.25) is 0 Å². The molecule has 0 aliphatic rings. The zero-order valence-electron chi connectivity index (χ0n) is 10.2. The first-order valence-corrected chi connectivity index (χ1v) is 6.89. The molecule has 0 bridgehead atoms. The fraction of sp³-hybridized carbons (Fsp3) is 0.462. The van der Waals surface area contributed by atoms with E-state index in [0.717, 1.165) is 17.5 Å². The summed E-state index contributed by atoms with van der Waals surface area (Å²) in [5.74, 6) is 0.749. The molecule has 0 aliphatic carbocycles. The smallest absolute Gasteiger partial charge is 0.251 e. The van der Waals surface area contributed by atoms with Crippen LogP contribution in [0.5, 0.6) is 5.75 Å². The third-order valence-corrected chi connectivity index (χ3v) is 2.80. The van der Waals surface area contributed by atoms with Crippen molar-refractivity contribution in [3.8, 4) is 5.75 Å². The Hall–Kier alpha value is -1.03. The van der Waals surface area contributed by atoms with Gasteiger partial charge in [0.2, 0.25) is 0 Å². The highest BCUT2D eigenvalue weighted by Crippen LogP contribution is 2.12. The fourth-order valence-electron chi connectivity index (χ4n) is 1.41. The van der Waals surface area contributed by atoms with E-state index in [1.165, 1.54) is 0 Å². The van der Waals surface area contributed by atoms with E-state index in [4.69, 9.17) is 4.74 Å². The van der Waals surface area contributed by atoms with Crippen molar-refractivity contribution >= 4 is 21.8 Å². The Morgan fingerprint density at radius 1 is 1.41 bits per heavy atom. The van der Waals surface area contributed by atoms with Crippen LogP contribution in [-0.2, 0) is 0 Å². The van der Waals surface area contributed by atoms with Crippen molar-refractivity contribution in [2.24, 2.45) is 0 Å². The lowest BCUT2D eigenvalue weighted by Crippen LogP contribution is -2.32. The molecule has 1 amide bonds. The van der Waals surface area contributed by atoms with Gasteiger partial charge < -0.3 is 10.1 Å². The van der Waals surface area contributed by atoms with E-state index in [-0.39, 0.29) is 11.9 Å². The minimum Gasteiger partial charge on any atom is -0.494 e. The second-order valence-corrected chi connectivity index (χ2v) is 4.60. The summed E-state index contributed by atoms with van der Waals surface area (Å²) in [6.45, 7) is 4.56. The van der Waals surface area contributed by atoms with Crippen molar-refractivity contribution in [1.29, 1.82) is 0 Å². The molecule has 0 aliphatic heterocycles. The van der Waals surface area contributed by atoms with Crippen molar-refractivity contribution in [2.75, 3.05) is 11.9 Å². The maximum atomic E-state index is 11.8. The van der Waals surface area contributed by atoms with Crippen molar-refractivity contribution < 1.29 is 9.53 Å². The van der Waals surface area contributed by atoms with Crippen LogP contribution in [0.1, 0.15) is 30.6 Å². The van der Waals surface area contributed by atoms with Crippen LogP contribution in [0.3, 0.4) is 0 Å².